The van der Waals surface area contributed by atoms with Gasteiger partial charge in [-0.2, -0.15) is 0 Å². The summed E-state index contributed by atoms with van der Waals surface area (Å²) in [6.07, 6.45) is 7.12. The van der Waals surface area contributed by atoms with Gasteiger partial charge in [-0.1, -0.05) is 11.6 Å². The minimum absolute atomic E-state index is 0.747. The summed E-state index contributed by atoms with van der Waals surface area (Å²) in [7, 11) is 0. The summed E-state index contributed by atoms with van der Waals surface area (Å²) in [5.74, 6) is 0. The number of pyridine rings is 2. The molecule has 2 nitrogen and oxygen atoms in total. The normalized spacial score (nSPS) is 10.6. The predicted molar refractivity (Wildman–Crippen MR) is 70.0 cm³/mol. The van der Waals surface area contributed by atoms with E-state index in [9.17, 15) is 0 Å². The molecule has 17 heavy (non-hydrogen) atoms. The zero-order valence-electron chi connectivity index (χ0n) is 8.97. The highest BCUT2D eigenvalue weighted by atomic mass is 35.5. The summed E-state index contributed by atoms with van der Waals surface area (Å²) in [6, 6.07) is 9.92. The molecule has 82 valence electrons. The van der Waals surface area contributed by atoms with Gasteiger partial charge in [0.2, 0.25) is 0 Å². The number of nitrogens with zero attached hydrogens (tertiary/aromatic N) is 2. The lowest BCUT2D eigenvalue weighted by molar-refractivity contribution is 1.33. The standard InChI is InChI=1S/C14H9ClN2/c15-14-8-11(10-1-4-16-5-2-10)7-12-9-17-6-3-13(12)14/h1-9H. The predicted octanol–water partition coefficient (Wildman–Crippen LogP) is 3.95. The first kappa shape index (κ1) is 10.2. The molecule has 0 spiro atoms. The van der Waals surface area contributed by atoms with Crippen LogP contribution in [0.1, 0.15) is 0 Å². The van der Waals surface area contributed by atoms with Crippen molar-refractivity contribution in [1.29, 1.82) is 0 Å². The van der Waals surface area contributed by atoms with Crippen molar-refractivity contribution in [3.8, 4) is 11.1 Å². The molecule has 0 saturated heterocycles. The first-order chi connectivity index (χ1) is 8.34. The van der Waals surface area contributed by atoms with Gasteiger partial charge < -0.3 is 0 Å². The van der Waals surface area contributed by atoms with Gasteiger partial charge in [-0.05, 0) is 41.5 Å². The van der Waals surface area contributed by atoms with Gasteiger partial charge >= 0.3 is 0 Å². The number of benzene rings is 1. The van der Waals surface area contributed by atoms with Crippen LogP contribution in [0, 0.1) is 0 Å². The van der Waals surface area contributed by atoms with Gasteiger partial charge in [0.1, 0.15) is 0 Å². The SMILES string of the molecule is Clc1cc(-c2ccncc2)cc2cnccc12. The molecule has 2 aromatic heterocycles. The molecule has 1 aromatic carbocycles. The first-order valence-corrected chi connectivity index (χ1v) is 5.66. The molecule has 0 N–H and O–H groups in total. The summed E-state index contributed by atoms with van der Waals surface area (Å²) in [4.78, 5) is 8.13. The van der Waals surface area contributed by atoms with Gasteiger partial charge in [-0.3, -0.25) is 9.97 Å². The van der Waals surface area contributed by atoms with Crippen LogP contribution < -0.4 is 0 Å². The molecule has 0 atom stereocenters. The first-order valence-electron chi connectivity index (χ1n) is 5.28. The fourth-order valence-electron chi connectivity index (χ4n) is 1.87. The largest absolute Gasteiger partial charge is 0.265 e. The zero-order chi connectivity index (χ0) is 11.7. The van der Waals surface area contributed by atoms with Crippen LogP contribution in [0.3, 0.4) is 0 Å². The third-order valence-electron chi connectivity index (χ3n) is 2.72. The number of fused-ring (bicyclic) bond motifs is 1. The van der Waals surface area contributed by atoms with Crippen molar-refractivity contribution in [3.05, 3.63) is 60.1 Å². The summed E-state index contributed by atoms with van der Waals surface area (Å²) >= 11 is 6.27. The van der Waals surface area contributed by atoms with Crippen LogP contribution in [0.15, 0.2) is 55.1 Å². The molecule has 0 aliphatic heterocycles. The summed E-state index contributed by atoms with van der Waals surface area (Å²) in [6.45, 7) is 0. The lowest BCUT2D eigenvalue weighted by atomic mass is 10.0. The van der Waals surface area contributed by atoms with E-state index >= 15 is 0 Å². The Hall–Kier alpha value is -1.93. The molecule has 0 bridgehead atoms. The molecular formula is C14H9ClN2. The Morgan fingerprint density at radius 3 is 2.41 bits per heavy atom. The van der Waals surface area contributed by atoms with E-state index in [0.717, 1.165) is 26.9 Å². The third-order valence-corrected chi connectivity index (χ3v) is 3.03. The fourth-order valence-corrected chi connectivity index (χ4v) is 2.16. The second kappa shape index (κ2) is 4.15. The molecule has 3 rings (SSSR count). The molecule has 0 aliphatic rings. The average molecular weight is 241 g/mol. The van der Waals surface area contributed by atoms with Crippen LogP contribution in [0.5, 0.6) is 0 Å². The zero-order valence-corrected chi connectivity index (χ0v) is 9.72. The molecule has 0 radical (unpaired) electrons. The molecule has 0 saturated carbocycles. The number of hydrogen-bond acceptors (Lipinski definition) is 2. The molecular weight excluding hydrogens is 232 g/mol. The maximum atomic E-state index is 6.27. The summed E-state index contributed by atoms with van der Waals surface area (Å²) in [5.41, 5.74) is 2.19. The van der Waals surface area contributed by atoms with Crippen molar-refractivity contribution in [2.24, 2.45) is 0 Å². The Bertz CT molecular complexity index is 665. The van der Waals surface area contributed by atoms with Crippen molar-refractivity contribution in [1.82, 2.24) is 9.97 Å². The maximum Gasteiger partial charge on any atom is 0.0491 e. The van der Waals surface area contributed by atoms with E-state index in [1.807, 2.05) is 30.5 Å². The van der Waals surface area contributed by atoms with Crippen molar-refractivity contribution in [2.45, 2.75) is 0 Å². The van der Waals surface area contributed by atoms with Crippen molar-refractivity contribution in [3.63, 3.8) is 0 Å². The molecule has 3 aromatic rings. The Balaban J connectivity index is 2.26. The number of halogens is 1. The van der Waals surface area contributed by atoms with E-state index in [1.54, 1.807) is 18.6 Å². The van der Waals surface area contributed by atoms with Crippen molar-refractivity contribution >= 4 is 22.4 Å². The summed E-state index contributed by atoms with van der Waals surface area (Å²) < 4.78 is 0. The van der Waals surface area contributed by atoms with E-state index in [4.69, 9.17) is 11.6 Å². The van der Waals surface area contributed by atoms with E-state index in [0.29, 0.717) is 0 Å². The van der Waals surface area contributed by atoms with Gasteiger partial charge in [0.05, 0.1) is 0 Å². The van der Waals surface area contributed by atoms with Crippen molar-refractivity contribution in [2.75, 3.05) is 0 Å². The highest BCUT2D eigenvalue weighted by molar-refractivity contribution is 6.35. The van der Waals surface area contributed by atoms with Gasteiger partial charge in [0, 0.05) is 40.6 Å². The number of aromatic nitrogens is 2. The Morgan fingerprint density at radius 2 is 1.59 bits per heavy atom. The second-order valence-electron chi connectivity index (χ2n) is 3.79. The van der Waals surface area contributed by atoms with Crippen LogP contribution in [-0.2, 0) is 0 Å². The molecule has 2 heterocycles. The van der Waals surface area contributed by atoms with Gasteiger partial charge in [-0.15, -0.1) is 0 Å². The maximum absolute atomic E-state index is 6.27. The van der Waals surface area contributed by atoms with Crippen LogP contribution in [-0.4, -0.2) is 9.97 Å². The number of rotatable bonds is 1. The van der Waals surface area contributed by atoms with E-state index < -0.39 is 0 Å². The smallest absolute Gasteiger partial charge is 0.0491 e. The minimum atomic E-state index is 0.747. The monoisotopic (exact) mass is 240 g/mol. The fraction of sp³-hybridized carbons (Fsp3) is 0. The van der Waals surface area contributed by atoms with Gasteiger partial charge in [0.15, 0.2) is 0 Å². The highest BCUT2D eigenvalue weighted by Crippen LogP contribution is 2.29. The quantitative estimate of drug-likeness (QED) is 0.644. The Morgan fingerprint density at radius 1 is 0.824 bits per heavy atom. The van der Waals surface area contributed by atoms with Crippen LogP contribution in [0.4, 0.5) is 0 Å². The average Bonchev–Trinajstić information content (AvgIpc) is 2.40. The lowest BCUT2D eigenvalue weighted by Crippen LogP contribution is -1.82. The van der Waals surface area contributed by atoms with E-state index in [2.05, 4.69) is 16.0 Å². The van der Waals surface area contributed by atoms with E-state index in [-0.39, 0.29) is 0 Å². The highest BCUT2D eigenvalue weighted by Gasteiger charge is 2.03. The number of hydrogen-bond donors (Lipinski definition) is 0. The molecule has 0 amide bonds. The van der Waals surface area contributed by atoms with Crippen LogP contribution in [0.2, 0.25) is 5.02 Å². The van der Waals surface area contributed by atoms with Crippen LogP contribution in [0.25, 0.3) is 21.9 Å². The molecule has 3 heteroatoms. The second-order valence-corrected chi connectivity index (χ2v) is 4.20. The minimum Gasteiger partial charge on any atom is -0.265 e. The molecule has 0 fully saturated rings. The molecule has 0 aliphatic carbocycles. The Kier molecular flexibility index (Phi) is 2.50. The van der Waals surface area contributed by atoms with E-state index in [1.165, 1.54) is 0 Å². The summed E-state index contributed by atoms with van der Waals surface area (Å²) in [5, 5.41) is 2.82. The lowest BCUT2D eigenvalue weighted by Gasteiger charge is -2.05. The molecule has 0 unspecified atom stereocenters. The van der Waals surface area contributed by atoms with Crippen molar-refractivity contribution < 1.29 is 0 Å². The van der Waals surface area contributed by atoms with Crippen LogP contribution >= 0.6 is 11.6 Å². The third kappa shape index (κ3) is 1.87. The van der Waals surface area contributed by atoms with Gasteiger partial charge in [0.25, 0.3) is 0 Å². The Labute approximate surface area is 104 Å². The topological polar surface area (TPSA) is 25.8 Å². The van der Waals surface area contributed by atoms with Gasteiger partial charge in [-0.25, -0.2) is 0 Å².